The van der Waals surface area contributed by atoms with E-state index in [-0.39, 0.29) is 5.60 Å². The largest absolute Gasteiger partial charge is 0.369 e. The maximum Gasteiger partial charge on any atom is 0.0810 e. The van der Waals surface area contributed by atoms with Crippen molar-refractivity contribution < 1.29 is 4.74 Å². The van der Waals surface area contributed by atoms with Crippen LogP contribution in [0.25, 0.3) is 0 Å². The van der Waals surface area contributed by atoms with Crippen LogP contribution in [0.2, 0.25) is 5.02 Å². The van der Waals surface area contributed by atoms with Crippen LogP contribution in [0.3, 0.4) is 0 Å². The van der Waals surface area contributed by atoms with Crippen LogP contribution in [-0.4, -0.2) is 18.2 Å². The lowest BCUT2D eigenvalue weighted by Crippen LogP contribution is -2.45. The van der Waals surface area contributed by atoms with Crippen LogP contribution in [0.15, 0.2) is 24.3 Å². The third kappa shape index (κ3) is 3.97. The topological polar surface area (TPSA) is 21.3 Å². The average molecular weight is 294 g/mol. The summed E-state index contributed by atoms with van der Waals surface area (Å²) in [5, 5.41) is 4.46. The zero-order chi connectivity index (χ0) is 13.8. The Labute approximate surface area is 126 Å². The molecule has 0 radical (unpaired) electrons. The fraction of sp³-hybridized carbons (Fsp3) is 0.647. The highest BCUT2D eigenvalue weighted by atomic mass is 35.5. The fourth-order valence-electron chi connectivity index (χ4n) is 3.05. The molecule has 2 nitrogen and oxygen atoms in total. The second-order valence-electron chi connectivity index (χ2n) is 6.32. The molecule has 2 saturated carbocycles. The minimum Gasteiger partial charge on any atom is -0.369 e. The highest BCUT2D eigenvalue weighted by Crippen LogP contribution is 2.33. The molecule has 0 aromatic heterocycles. The van der Waals surface area contributed by atoms with Crippen LogP contribution in [0.1, 0.15) is 50.5 Å². The van der Waals surface area contributed by atoms with E-state index in [4.69, 9.17) is 16.3 Å². The monoisotopic (exact) mass is 293 g/mol. The van der Waals surface area contributed by atoms with E-state index < -0.39 is 0 Å². The summed E-state index contributed by atoms with van der Waals surface area (Å²) in [6, 6.07) is 8.76. The summed E-state index contributed by atoms with van der Waals surface area (Å²) in [5.41, 5.74) is 1.22. The number of benzene rings is 1. The molecule has 0 aliphatic heterocycles. The Hall–Kier alpha value is -0.570. The summed E-state index contributed by atoms with van der Waals surface area (Å²) in [6.45, 7) is 1.69. The lowest BCUT2D eigenvalue weighted by Gasteiger charge is -2.37. The SMILES string of the molecule is Clc1cccc(COC2(CNC3CC3)CCCCC2)c1. The standard InChI is InChI=1S/C17H24ClNO/c18-15-6-4-5-14(11-15)12-20-17(9-2-1-3-10-17)13-19-16-7-8-16/h4-6,11,16,19H,1-3,7-10,12-13H2. The van der Waals surface area contributed by atoms with Crippen LogP contribution in [0.4, 0.5) is 0 Å². The van der Waals surface area contributed by atoms with Gasteiger partial charge in [0.1, 0.15) is 0 Å². The van der Waals surface area contributed by atoms with Gasteiger partial charge in [-0.3, -0.25) is 0 Å². The first-order valence-corrected chi connectivity index (χ1v) is 8.25. The molecule has 0 saturated heterocycles. The zero-order valence-electron chi connectivity index (χ0n) is 12.0. The molecule has 3 heteroatoms. The van der Waals surface area contributed by atoms with Gasteiger partial charge in [0.15, 0.2) is 0 Å². The van der Waals surface area contributed by atoms with Crippen molar-refractivity contribution in [2.45, 2.75) is 63.2 Å². The van der Waals surface area contributed by atoms with E-state index in [9.17, 15) is 0 Å². The van der Waals surface area contributed by atoms with Crippen molar-refractivity contribution in [3.05, 3.63) is 34.9 Å². The fourth-order valence-corrected chi connectivity index (χ4v) is 3.26. The van der Waals surface area contributed by atoms with Crippen molar-refractivity contribution in [2.75, 3.05) is 6.54 Å². The van der Waals surface area contributed by atoms with Gasteiger partial charge in [-0.25, -0.2) is 0 Å². The van der Waals surface area contributed by atoms with Crippen molar-refractivity contribution in [3.63, 3.8) is 0 Å². The van der Waals surface area contributed by atoms with Gasteiger partial charge in [-0.05, 0) is 43.4 Å². The molecule has 0 spiro atoms. The molecule has 2 aliphatic carbocycles. The van der Waals surface area contributed by atoms with Crippen molar-refractivity contribution in [1.29, 1.82) is 0 Å². The maximum atomic E-state index is 6.37. The smallest absolute Gasteiger partial charge is 0.0810 e. The molecule has 1 aromatic carbocycles. The normalized spacial score (nSPS) is 21.9. The molecule has 0 heterocycles. The predicted octanol–water partition coefficient (Wildman–Crippen LogP) is 4.31. The lowest BCUT2D eigenvalue weighted by molar-refractivity contribution is -0.0787. The van der Waals surface area contributed by atoms with E-state index in [1.165, 1.54) is 50.5 Å². The summed E-state index contributed by atoms with van der Waals surface area (Å²) < 4.78 is 6.37. The molecule has 2 fully saturated rings. The van der Waals surface area contributed by atoms with Crippen LogP contribution < -0.4 is 5.32 Å². The molecule has 0 bridgehead atoms. The minimum absolute atomic E-state index is 0.0448. The van der Waals surface area contributed by atoms with E-state index in [0.717, 1.165) is 17.6 Å². The second-order valence-corrected chi connectivity index (χ2v) is 6.75. The van der Waals surface area contributed by atoms with Gasteiger partial charge in [0.25, 0.3) is 0 Å². The van der Waals surface area contributed by atoms with Gasteiger partial charge in [0, 0.05) is 17.6 Å². The molecule has 110 valence electrons. The average Bonchev–Trinajstić information content (AvgIpc) is 3.29. The van der Waals surface area contributed by atoms with Gasteiger partial charge in [0.05, 0.1) is 12.2 Å². The lowest BCUT2D eigenvalue weighted by atomic mass is 9.84. The molecule has 20 heavy (non-hydrogen) atoms. The number of hydrogen-bond donors (Lipinski definition) is 1. The highest BCUT2D eigenvalue weighted by molar-refractivity contribution is 6.30. The third-order valence-corrected chi connectivity index (χ3v) is 4.72. The van der Waals surface area contributed by atoms with Gasteiger partial charge < -0.3 is 10.1 Å². The van der Waals surface area contributed by atoms with Gasteiger partial charge in [-0.1, -0.05) is 43.0 Å². The molecule has 2 aliphatic rings. The Morgan fingerprint density at radius 2 is 2.00 bits per heavy atom. The zero-order valence-corrected chi connectivity index (χ0v) is 12.8. The number of rotatable bonds is 6. The van der Waals surface area contributed by atoms with Gasteiger partial charge >= 0.3 is 0 Å². The number of halogens is 1. The molecule has 1 N–H and O–H groups in total. The van der Waals surface area contributed by atoms with Crippen LogP contribution in [-0.2, 0) is 11.3 Å². The molecule has 3 rings (SSSR count). The van der Waals surface area contributed by atoms with Crippen molar-refractivity contribution in [3.8, 4) is 0 Å². The predicted molar refractivity (Wildman–Crippen MR) is 83.1 cm³/mol. The first-order chi connectivity index (χ1) is 9.76. The van der Waals surface area contributed by atoms with Crippen molar-refractivity contribution in [1.82, 2.24) is 5.32 Å². The summed E-state index contributed by atoms with van der Waals surface area (Å²) >= 11 is 6.04. The molecule has 0 amide bonds. The summed E-state index contributed by atoms with van der Waals surface area (Å²) in [4.78, 5) is 0. The van der Waals surface area contributed by atoms with Gasteiger partial charge in [0.2, 0.25) is 0 Å². The van der Waals surface area contributed by atoms with E-state index in [1.54, 1.807) is 0 Å². The number of ether oxygens (including phenoxy) is 1. The van der Waals surface area contributed by atoms with Crippen molar-refractivity contribution >= 4 is 11.6 Å². The molecule has 0 unspecified atom stereocenters. The third-order valence-electron chi connectivity index (χ3n) is 4.49. The molecule has 1 aromatic rings. The molecular weight excluding hydrogens is 270 g/mol. The number of nitrogens with one attached hydrogen (secondary N) is 1. The minimum atomic E-state index is 0.0448. The van der Waals surface area contributed by atoms with Gasteiger partial charge in [-0.2, -0.15) is 0 Å². The quantitative estimate of drug-likeness (QED) is 0.844. The summed E-state index contributed by atoms with van der Waals surface area (Å²) in [5.74, 6) is 0. The second kappa shape index (κ2) is 6.46. The highest BCUT2D eigenvalue weighted by Gasteiger charge is 2.34. The Kier molecular flexibility index (Phi) is 4.65. The van der Waals surface area contributed by atoms with E-state index in [0.29, 0.717) is 6.61 Å². The molecular formula is C17H24ClNO. The first-order valence-electron chi connectivity index (χ1n) is 7.88. The van der Waals surface area contributed by atoms with E-state index in [1.807, 2.05) is 18.2 Å². The van der Waals surface area contributed by atoms with Crippen LogP contribution in [0.5, 0.6) is 0 Å². The summed E-state index contributed by atoms with van der Waals surface area (Å²) in [7, 11) is 0. The van der Waals surface area contributed by atoms with Crippen molar-refractivity contribution in [2.24, 2.45) is 0 Å². The maximum absolute atomic E-state index is 6.37. The van der Waals surface area contributed by atoms with Crippen LogP contribution >= 0.6 is 11.6 Å². The Morgan fingerprint density at radius 1 is 1.20 bits per heavy atom. The van der Waals surface area contributed by atoms with Gasteiger partial charge in [-0.15, -0.1) is 0 Å². The Morgan fingerprint density at radius 3 is 2.70 bits per heavy atom. The first kappa shape index (κ1) is 14.4. The Bertz CT molecular complexity index is 438. The Balaban J connectivity index is 1.59. The van der Waals surface area contributed by atoms with E-state index in [2.05, 4.69) is 11.4 Å². The summed E-state index contributed by atoms with van der Waals surface area (Å²) in [6.07, 6.45) is 8.99. The van der Waals surface area contributed by atoms with Crippen LogP contribution in [0, 0.1) is 0 Å². The number of hydrogen-bond acceptors (Lipinski definition) is 2. The molecule has 0 atom stereocenters. The van der Waals surface area contributed by atoms with E-state index >= 15 is 0 Å².